The summed E-state index contributed by atoms with van der Waals surface area (Å²) >= 11 is 0. The summed E-state index contributed by atoms with van der Waals surface area (Å²) in [6.07, 6.45) is 6.22. The molecule has 0 saturated heterocycles. The Hall–Kier alpha value is -3.26. The molecule has 35 heavy (non-hydrogen) atoms. The van der Waals surface area contributed by atoms with E-state index < -0.39 is 12.0 Å². The Morgan fingerprint density at radius 3 is 2.51 bits per heavy atom. The van der Waals surface area contributed by atoms with Crippen molar-refractivity contribution in [3.8, 4) is 5.75 Å². The van der Waals surface area contributed by atoms with Crippen LogP contribution < -0.4 is 15.4 Å². The highest BCUT2D eigenvalue weighted by Gasteiger charge is 2.35. The van der Waals surface area contributed by atoms with Gasteiger partial charge in [0.2, 0.25) is 0 Å². The van der Waals surface area contributed by atoms with Crippen LogP contribution in [0.5, 0.6) is 5.75 Å². The van der Waals surface area contributed by atoms with E-state index in [2.05, 4.69) is 15.5 Å². The highest BCUT2D eigenvalue weighted by molar-refractivity contribution is 5.95. The van der Waals surface area contributed by atoms with Crippen LogP contribution in [0.2, 0.25) is 0 Å². The molecule has 188 valence electrons. The van der Waals surface area contributed by atoms with E-state index in [1.807, 2.05) is 50.2 Å². The molecule has 2 N–H and O–H groups in total. The number of rotatable bonds is 10. The second kappa shape index (κ2) is 11.4. The number of esters is 1. The van der Waals surface area contributed by atoms with Gasteiger partial charge in [0.1, 0.15) is 11.5 Å². The summed E-state index contributed by atoms with van der Waals surface area (Å²) in [6.45, 7) is 6.98. The smallest absolute Gasteiger partial charge is 0.338 e. The molecule has 2 amide bonds. The average molecular weight is 482 g/mol. The van der Waals surface area contributed by atoms with E-state index in [-0.39, 0.29) is 18.7 Å². The van der Waals surface area contributed by atoms with Gasteiger partial charge in [-0.3, -0.25) is 4.90 Å². The van der Waals surface area contributed by atoms with Gasteiger partial charge < -0.3 is 24.5 Å². The SMILES string of the molecule is CCOC(=O)C1=C(CN(Cc2ccco2)C2CCCC2)NC(=O)N[C@@H]1c1ccc(OC(C)C)cc1. The number of hydrogen-bond donors (Lipinski definition) is 2. The summed E-state index contributed by atoms with van der Waals surface area (Å²) in [4.78, 5) is 28.2. The van der Waals surface area contributed by atoms with Gasteiger partial charge in [0.25, 0.3) is 0 Å². The normalized spacial score (nSPS) is 18.7. The third-order valence-electron chi connectivity index (χ3n) is 6.38. The molecule has 0 radical (unpaired) electrons. The average Bonchev–Trinajstić information content (AvgIpc) is 3.53. The van der Waals surface area contributed by atoms with Crippen molar-refractivity contribution >= 4 is 12.0 Å². The van der Waals surface area contributed by atoms with Gasteiger partial charge in [-0.2, -0.15) is 0 Å². The number of hydrogen-bond acceptors (Lipinski definition) is 6. The maximum Gasteiger partial charge on any atom is 0.338 e. The molecule has 1 aliphatic carbocycles. The Bertz CT molecular complexity index is 1020. The third kappa shape index (κ3) is 6.25. The lowest BCUT2D eigenvalue weighted by Gasteiger charge is -2.34. The maximum atomic E-state index is 13.2. The van der Waals surface area contributed by atoms with Crippen LogP contribution >= 0.6 is 0 Å². The van der Waals surface area contributed by atoms with Gasteiger partial charge in [-0.25, -0.2) is 9.59 Å². The van der Waals surface area contributed by atoms with Gasteiger partial charge in [0.15, 0.2) is 0 Å². The minimum atomic E-state index is -0.625. The standard InChI is InChI=1S/C27H35N3O5/c1-4-33-26(31)24-23(17-30(20-8-5-6-9-20)16-22-10-7-15-34-22)28-27(32)29-25(24)19-11-13-21(14-12-19)35-18(2)3/h7,10-15,18,20,25H,4-6,8-9,16-17H2,1-3H3,(H2,28,29,32)/t25-/m1/s1. The minimum absolute atomic E-state index is 0.0526. The third-order valence-corrected chi connectivity index (χ3v) is 6.38. The summed E-state index contributed by atoms with van der Waals surface area (Å²) in [7, 11) is 0. The van der Waals surface area contributed by atoms with Crippen LogP contribution in [0.4, 0.5) is 4.79 Å². The summed E-state index contributed by atoms with van der Waals surface area (Å²) in [5, 5.41) is 5.82. The van der Waals surface area contributed by atoms with Gasteiger partial charge in [0.05, 0.1) is 37.1 Å². The molecule has 1 atom stereocenters. The van der Waals surface area contributed by atoms with E-state index in [1.54, 1.807) is 13.2 Å². The van der Waals surface area contributed by atoms with Crippen LogP contribution in [0.15, 0.2) is 58.3 Å². The predicted octanol–water partition coefficient (Wildman–Crippen LogP) is 4.68. The summed E-state index contributed by atoms with van der Waals surface area (Å²) in [6, 6.07) is 10.7. The number of urea groups is 1. The number of benzene rings is 1. The van der Waals surface area contributed by atoms with E-state index in [0.717, 1.165) is 29.9 Å². The molecule has 0 bridgehead atoms. The summed E-state index contributed by atoms with van der Waals surface area (Å²) in [5.41, 5.74) is 1.78. The Kier molecular flexibility index (Phi) is 8.13. The highest BCUT2D eigenvalue weighted by atomic mass is 16.5. The van der Waals surface area contributed by atoms with E-state index >= 15 is 0 Å². The molecule has 1 saturated carbocycles. The number of ether oxygens (including phenoxy) is 2. The van der Waals surface area contributed by atoms with Crippen molar-refractivity contribution in [2.45, 2.75) is 71.2 Å². The van der Waals surface area contributed by atoms with Crippen molar-refractivity contribution in [2.75, 3.05) is 13.2 Å². The number of furan rings is 1. The van der Waals surface area contributed by atoms with E-state index in [0.29, 0.717) is 30.4 Å². The van der Waals surface area contributed by atoms with Crippen LogP contribution in [-0.4, -0.2) is 42.2 Å². The molecule has 4 rings (SSSR count). The Labute approximate surface area is 206 Å². The van der Waals surface area contributed by atoms with Crippen molar-refractivity contribution in [2.24, 2.45) is 0 Å². The Morgan fingerprint density at radius 2 is 1.89 bits per heavy atom. The van der Waals surface area contributed by atoms with Crippen molar-refractivity contribution < 1.29 is 23.5 Å². The summed E-state index contributed by atoms with van der Waals surface area (Å²) < 4.78 is 16.8. The molecule has 8 nitrogen and oxygen atoms in total. The number of amides is 2. The quantitative estimate of drug-likeness (QED) is 0.479. The number of nitrogens with zero attached hydrogens (tertiary/aromatic N) is 1. The zero-order valence-electron chi connectivity index (χ0n) is 20.7. The second-order valence-electron chi connectivity index (χ2n) is 9.30. The fraction of sp³-hybridized carbons (Fsp3) is 0.481. The molecular formula is C27H35N3O5. The monoisotopic (exact) mass is 481 g/mol. The first-order chi connectivity index (χ1) is 16.9. The van der Waals surface area contributed by atoms with Crippen LogP contribution in [0, 0.1) is 0 Å². The lowest BCUT2D eigenvalue weighted by Crippen LogP contribution is -2.49. The van der Waals surface area contributed by atoms with Crippen LogP contribution in [0.1, 0.15) is 63.8 Å². The first-order valence-corrected chi connectivity index (χ1v) is 12.4. The molecule has 1 aliphatic heterocycles. The van der Waals surface area contributed by atoms with E-state index in [1.165, 1.54) is 12.8 Å². The van der Waals surface area contributed by atoms with Gasteiger partial charge >= 0.3 is 12.0 Å². The zero-order chi connectivity index (χ0) is 24.8. The molecule has 1 fully saturated rings. The minimum Gasteiger partial charge on any atom is -0.491 e. The molecule has 2 aliphatic rings. The van der Waals surface area contributed by atoms with Gasteiger partial charge in [0, 0.05) is 18.3 Å². The molecule has 2 heterocycles. The lowest BCUT2D eigenvalue weighted by molar-refractivity contribution is -0.139. The van der Waals surface area contributed by atoms with Crippen molar-refractivity contribution in [1.82, 2.24) is 15.5 Å². The van der Waals surface area contributed by atoms with Crippen molar-refractivity contribution in [3.05, 3.63) is 65.3 Å². The largest absolute Gasteiger partial charge is 0.491 e. The molecule has 2 aromatic rings. The van der Waals surface area contributed by atoms with Gasteiger partial charge in [-0.05, 0) is 63.4 Å². The number of carbonyl (C=O) groups excluding carboxylic acids is 2. The summed E-state index contributed by atoms with van der Waals surface area (Å²) in [5.74, 6) is 1.15. The number of carbonyl (C=O) groups is 2. The van der Waals surface area contributed by atoms with Crippen LogP contribution in [-0.2, 0) is 16.1 Å². The van der Waals surface area contributed by atoms with Crippen molar-refractivity contribution in [1.29, 1.82) is 0 Å². The Balaban J connectivity index is 1.68. The highest BCUT2D eigenvalue weighted by Crippen LogP contribution is 2.32. The fourth-order valence-electron chi connectivity index (χ4n) is 4.84. The molecule has 0 unspecified atom stereocenters. The van der Waals surface area contributed by atoms with E-state index in [4.69, 9.17) is 13.9 Å². The second-order valence-corrected chi connectivity index (χ2v) is 9.30. The van der Waals surface area contributed by atoms with Crippen LogP contribution in [0.3, 0.4) is 0 Å². The van der Waals surface area contributed by atoms with Crippen LogP contribution in [0.25, 0.3) is 0 Å². The predicted molar refractivity (Wildman–Crippen MR) is 132 cm³/mol. The van der Waals surface area contributed by atoms with Gasteiger partial charge in [-0.15, -0.1) is 0 Å². The molecule has 1 aromatic carbocycles. The fourth-order valence-corrected chi connectivity index (χ4v) is 4.84. The Morgan fingerprint density at radius 1 is 1.14 bits per heavy atom. The molecule has 8 heteroatoms. The number of nitrogens with one attached hydrogen (secondary N) is 2. The topological polar surface area (TPSA) is 93.0 Å². The van der Waals surface area contributed by atoms with Crippen molar-refractivity contribution in [3.63, 3.8) is 0 Å². The first kappa shape index (κ1) is 24.9. The lowest BCUT2D eigenvalue weighted by atomic mass is 9.94. The van der Waals surface area contributed by atoms with Gasteiger partial charge in [-0.1, -0.05) is 25.0 Å². The first-order valence-electron chi connectivity index (χ1n) is 12.4. The molecular weight excluding hydrogens is 446 g/mol. The molecule has 0 spiro atoms. The maximum absolute atomic E-state index is 13.2. The molecule has 1 aromatic heterocycles. The zero-order valence-corrected chi connectivity index (χ0v) is 20.7. The van der Waals surface area contributed by atoms with E-state index in [9.17, 15) is 9.59 Å².